The highest BCUT2D eigenvalue weighted by molar-refractivity contribution is 5.73. The summed E-state index contributed by atoms with van der Waals surface area (Å²) in [6.07, 6.45) is 5.13. The fourth-order valence-corrected chi connectivity index (χ4v) is 3.28. The summed E-state index contributed by atoms with van der Waals surface area (Å²) in [6, 6.07) is 0.244. The molecule has 0 aromatic heterocycles. The smallest absolute Gasteiger partial charge is 0.320 e. The number of carboxylic acid groups (broad SMARTS) is 1. The molecule has 18 heavy (non-hydrogen) atoms. The van der Waals surface area contributed by atoms with Gasteiger partial charge in [-0.05, 0) is 64.8 Å². The van der Waals surface area contributed by atoms with E-state index in [4.69, 9.17) is 5.73 Å². The third-order valence-electron chi connectivity index (χ3n) is 4.28. The second-order valence-electron chi connectivity index (χ2n) is 5.45. The first-order chi connectivity index (χ1) is 8.72. The van der Waals surface area contributed by atoms with Crippen LogP contribution in [0, 0.1) is 0 Å². The molecule has 5 nitrogen and oxygen atoms in total. The van der Waals surface area contributed by atoms with Gasteiger partial charge in [0.2, 0.25) is 0 Å². The number of nitrogens with zero attached hydrogens (tertiary/aromatic N) is 2. The fourth-order valence-electron chi connectivity index (χ4n) is 3.28. The van der Waals surface area contributed by atoms with Gasteiger partial charge in [-0.25, -0.2) is 0 Å². The van der Waals surface area contributed by atoms with Crippen molar-refractivity contribution in [3.8, 4) is 0 Å². The Bertz CT molecular complexity index is 277. The van der Waals surface area contributed by atoms with Gasteiger partial charge in [0.15, 0.2) is 0 Å². The first-order valence-electron chi connectivity index (χ1n) is 7.13. The normalized spacial score (nSPS) is 27.7. The molecule has 0 amide bonds. The van der Waals surface area contributed by atoms with Crippen molar-refractivity contribution in [2.24, 2.45) is 5.73 Å². The molecule has 2 saturated heterocycles. The lowest BCUT2D eigenvalue weighted by Crippen LogP contribution is -2.49. The number of likely N-dealkylation sites (tertiary alicyclic amines) is 2. The Morgan fingerprint density at radius 3 is 2.56 bits per heavy atom. The maximum absolute atomic E-state index is 11.2. The number of hydrogen-bond acceptors (Lipinski definition) is 4. The van der Waals surface area contributed by atoms with Gasteiger partial charge >= 0.3 is 5.97 Å². The molecule has 2 aliphatic rings. The van der Waals surface area contributed by atoms with Crippen molar-refractivity contribution >= 4 is 5.97 Å². The molecule has 5 heteroatoms. The van der Waals surface area contributed by atoms with Crippen molar-refractivity contribution in [3.05, 3.63) is 0 Å². The third kappa shape index (κ3) is 3.22. The quantitative estimate of drug-likeness (QED) is 0.742. The van der Waals surface area contributed by atoms with Gasteiger partial charge in [0.25, 0.3) is 0 Å². The van der Waals surface area contributed by atoms with Crippen LogP contribution in [0.4, 0.5) is 0 Å². The van der Waals surface area contributed by atoms with Gasteiger partial charge in [-0.1, -0.05) is 0 Å². The van der Waals surface area contributed by atoms with E-state index in [9.17, 15) is 9.90 Å². The van der Waals surface area contributed by atoms with E-state index in [1.165, 1.54) is 0 Å². The molecule has 104 valence electrons. The number of rotatable bonds is 5. The van der Waals surface area contributed by atoms with Crippen molar-refractivity contribution in [1.29, 1.82) is 0 Å². The second kappa shape index (κ2) is 6.50. The number of hydrogen-bond donors (Lipinski definition) is 2. The van der Waals surface area contributed by atoms with Gasteiger partial charge in [0.1, 0.15) is 6.04 Å². The Balaban J connectivity index is 1.80. The maximum Gasteiger partial charge on any atom is 0.320 e. The molecule has 0 saturated carbocycles. The summed E-state index contributed by atoms with van der Waals surface area (Å²) < 4.78 is 0. The highest BCUT2D eigenvalue weighted by Gasteiger charge is 2.36. The number of carbonyl (C=O) groups is 1. The van der Waals surface area contributed by atoms with Crippen LogP contribution < -0.4 is 5.73 Å². The molecule has 3 N–H and O–H groups in total. The van der Waals surface area contributed by atoms with Crippen molar-refractivity contribution in [2.75, 3.05) is 32.7 Å². The minimum absolute atomic E-state index is 0.231. The van der Waals surface area contributed by atoms with Crippen LogP contribution in [-0.2, 0) is 4.79 Å². The van der Waals surface area contributed by atoms with Crippen molar-refractivity contribution in [3.63, 3.8) is 0 Å². The lowest BCUT2D eigenvalue weighted by molar-refractivity contribution is -0.143. The van der Waals surface area contributed by atoms with Crippen LogP contribution in [0.15, 0.2) is 0 Å². The number of nitrogens with two attached hydrogens (primary N) is 1. The van der Waals surface area contributed by atoms with Crippen LogP contribution in [0.1, 0.15) is 32.1 Å². The molecule has 2 heterocycles. The van der Waals surface area contributed by atoms with E-state index in [0.717, 1.165) is 64.8 Å². The predicted octanol–water partition coefficient (Wildman–Crippen LogP) is 0.349. The molecule has 1 atom stereocenters. The lowest BCUT2D eigenvalue weighted by atomic mass is 10.0. The van der Waals surface area contributed by atoms with E-state index >= 15 is 0 Å². The highest BCUT2D eigenvalue weighted by Crippen LogP contribution is 2.26. The standard InChI is InChI=1S/C13H25N3O2/c14-6-2-7-15-9-4-11(5-10-15)16-8-1-3-12(16)13(17)18/h11-12H,1-10,14H2,(H,17,18). The first kappa shape index (κ1) is 13.8. The Morgan fingerprint density at radius 2 is 1.94 bits per heavy atom. The second-order valence-corrected chi connectivity index (χ2v) is 5.45. The van der Waals surface area contributed by atoms with E-state index in [1.54, 1.807) is 0 Å². The van der Waals surface area contributed by atoms with Crippen LogP contribution in [0.25, 0.3) is 0 Å². The summed E-state index contributed by atoms with van der Waals surface area (Å²) in [5.41, 5.74) is 5.52. The van der Waals surface area contributed by atoms with Gasteiger partial charge in [-0.3, -0.25) is 9.69 Å². The maximum atomic E-state index is 11.2. The molecule has 0 aromatic carbocycles. The Labute approximate surface area is 109 Å². The van der Waals surface area contributed by atoms with Crippen LogP contribution in [0.2, 0.25) is 0 Å². The average Bonchev–Trinajstić information content (AvgIpc) is 2.86. The number of aliphatic carboxylic acids is 1. The molecule has 0 spiro atoms. The minimum atomic E-state index is -0.641. The van der Waals surface area contributed by atoms with Crippen molar-refractivity contribution < 1.29 is 9.90 Å². The summed E-state index contributed by atoms with van der Waals surface area (Å²) in [4.78, 5) is 15.9. The van der Waals surface area contributed by atoms with Gasteiger partial charge in [-0.15, -0.1) is 0 Å². The molecule has 2 fully saturated rings. The van der Waals surface area contributed by atoms with Crippen molar-refractivity contribution in [2.45, 2.75) is 44.2 Å². The van der Waals surface area contributed by atoms with E-state index in [2.05, 4.69) is 9.80 Å². The lowest BCUT2D eigenvalue weighted by Gasteiger charge is -2.38. The number of piperidine rings is 1. The molecule has 2 aliphatic heterocycles. The zero-order chi connectivity index (χ0) is 13.0. The van der Waals surface area contributed by atoms with Gasteiger partial charge in [0, 0.05) is 6.04 Å². The van der Waals surface area contributed by atoms with E-state index in [0.29, 0.717) is 6.04 Å². The largest absolute Gasteiger partial charge is 0.480 e. The van der Waals surface area contributed by atoms with E-state index in [1.807, 2.05) is 0 Å². The van der Waals surface area contributed by atoms with Crippen LogP contribution in [-0.4, -0.2) is 65.7 Å². The predicted molar refractivity (Wildman–Crippen MR) is 70.5 cm³/mol. The Kier molecular flexibility index (Phi) is 4.97. The summed E-state index contributed by atoms with van der Waals surface area (Å²) in [5, 5.41) is 9.22. The number of carboxylic acids is 1. The van der Waals surface area contributed by atoms with Crippen LogP contribution in [0.3, 0.4) is 0 Å². The van der Waals surface area contributed by atoms with E-state index in [-0.39, 0.29) is 6.04 Å². The summed E-state index contributed by atoms with van der Waals surface area (Å²) in [6.45, 7) is 4.99. The summed E-state index contributed by atoms with van der Waals surface area (Å²) >= 11 is 0. The van der Waals surface area contributed by atoms with Crippen LogP contribution in [0.5, 0.6) is 0 Å². The van der Waals surface area contributed by atoms with Crippen molar-refractivity contribution in [1.82, 2.24) is 9.80 Å². The molecular formula is C13H25N3O2. The molecular weight excluding hydrogens is 230 g/mol. The fraction of sp³-hybridized carbons (Fsp3) is 0.923. The zero-order valence-corrected chi connectivity index (χ0v) is 11.1. The molecule has 0 aromatic rings. The Hall–Kier alpha value is -0.650. The third-order valence-corrected chi connectivity index (χ3v) is 4.28. The molecule has 1 unspecified atom stereocenters. The topological polar surface area (TPSA) is 69.8 Å². The van der Waals surface area contributed by atoms with Gasteiger partial charge in [0.05, 0.1) is 0 Å². The van der Waals surface area contributed by atoms with E-state index < -0.39 is 5.97 Å². The monoisotopic (exact) mass is 255 g/mol. The average molecular weight is 255 g/mol. The van der Waals surface area contributed by atoms with Gasteiger partial charge in [-0.2, -0.15) is 0 Å². The summed E-state index contributed by atoms with van der Waals surface area (Å²) in [5.74, 6) is -0.641. The Morgan fingerprint density at radius 1 is 1.22 bits per heavy atom. The molecule has 0 bridgehead atoms. The first-order valence-corrected chi connectivity index (χ1v) is 7.13. The zero-order valence-electron chi connectivity index (χ0n) is 11.1. The SMILES string of the molecule is NCCCN1CCC(N2CCCC2C(=O)O)CC1. The van der Waals surface area contributed by atoms with Gasteiger partial charge < -0.3 is 15.7 Å². The molecule has 2 rings (SSSR count). The molecule has 0 aliphatic carbocycles. The molecule has 0 radical (unpaired) electrons. The van der Waals surface area contributed by atoms with Crippen LogP contribution >= 0.6 is 0 Å². The minimum Gasteiger partial charge on any atom is -0.480 e. The summed E-state index contributed by atoms with van der Waals surface area (Å²) in [7, 11) is 0. The highest BCUT2D eigenvalue weighted by atomic mass is 16.4.